The highest BCUT2D eigenvalue weighted by Crippen LogP contribution is 2.31. The van der Waals surface area contributed by atoms with Gasteiger partial charge in [0, 0.05) is 71.3 Å². The van der Waals surface area contributed by atoms with Crippen LogP contribution in [0, 0.1) is 0 Å². The number of hydrogen-bond donors (Lipinski definition) is 0. The standard InChI is InChI=1S/C5H10B11/c1-5-3-2-4-12(5)16(14(9)10)15(11-6)13(7)8/h5H,2-4H2,1H3/t5-/m1/s1. The predicted octanol–water partition coefficient (Wildman–Crippen LogP) is -2.10. The minimum absolute atomic E-state index is 0.0856. The van der Waals surface area contributed by atoms with Crippen LogP contribution in [-0.2, 0) is 0 Å². The quantitative estimate of drug-likeness (QED) is 0.435. The third-order valence-corrected chi connectivity index (χ3v) is 3.98. The van der Waals surface area contributed by atoms with Crippen LogP contribution in [0.1, 0.15) is 19.8 Å². The summed E-state index contributed by atoms with van der Waals surface area (Å²) in [7, 11) is 30.5. The van der Waals surface area contributed by atoms with E-state index in [1.165, 1.54) is 12.8 Å². The second-order valence-electron chi connectivity index (χ2n) is 5.07. The molecule has 1 aliphatic heterocycles. The highest BCUT2D eigenvalue weighted by molar-refractivity contribution is 8.03. The van der Waals surface area contributed by atoms with Gasteiger partial charge in [0.1, 0.15) is 0 Å². The molecule has 0 nitrogen and oxygen atoms in total. The summed E-state index contributed by atoms with van der Waals surface area (Å²) in [5.41, 5.74) is 0. The van der Waals surface area contributed by atoms with Crippen LogP contribution in [0.15, 0.2) is 0 Å². The van der Waals surface area contributed by atoms with Gasteiger partial charge in [0.2, 0.25) is 0 Å². The lowest BCUT2D eigenvalue weighted by Crippen LogP contribution is -2.68. The molecule has 63 valence electrons. The number of rotatable bonds is 5. The summed E-state index contributed by atoms with van der Waals surface area (Å²) in [5, 5.41) is 0. The SMILES string of the molecule is [B][B]B(B([B])[B])B(B([B])[B])B1CCC[C@H]1C. The molecular formula is C5H10B11. The maximum atomic E-state index is 5.88. The number of hydrogen-bond acceptors (Lipinski definition) is 0. The van der Waals surface area contributed by atoms with Crippen LogP contribution in [0.25, 0.3) is 0 Å². The molecule has 0 N–H and O–H groups in total. The van der Waals surface area contributed by atoms with Crippen molar-refractivity contribution in [1.29, 1.82) is 0 Å². The average Bonchev–Trinajstić information content (AvgIpc) is 2.59. The van der Waals surface area contributed by atoms with Gasteiger partial charge in [-0.3, -0.25) is 0 Å². The van der Waals surface area contributed by atoms with Crippen molar-refractivity contribution in [2.24, 2.45) is 0 Å². The first-order valence-electron chi connectivity index (χ1n) is 6.06. The molecule has 0 unspecified atom stereocenters. The van der Waals surface area contributed by atoms with Gasteiger partial charge in [-0.05, 0) is 0 Å². The van der Waals surface area contributed by atoms with Crippen molar-refractivity contribution in [1.82, 2.24) is 0 Å². The highest BCUT2D eigenvalue weighted by Gasteiger charge is 2.41. The summed E-state index contributed by atoms with van der Waals surface area (Å²) in [6.45, 7) is 2.72. The minimum atomic E-state index is -0.489. The molecular weight excluding hydrogens is 179 g/mol. The van der Waals surface area contributed by atoms with E-state index in [2.05, 4.69) is 6.92 Å². The van der Waals surface area contributed by atoms with Crippen LogP contribution in [-0.4, -0.2) is 77.9 Å². The van der Waals surface area contributed by atoms with Crippen molar-refractivity contribution in [2.75, 3.05) is 0 Å². The van der Waals surface area contributed by atoms with E-state index < -0.39 is 12.8 Å². The summed E-state index contributed by atoms with van der Waals surface area (Å²) >= 11 is 0. The van der Waals surface area contributed by atoms with Gasteiger partial charge in [-0.2, -0.15) is 0 Å². The summed E-state index contributed by atoms with van der Waals surface area (Å²) in [6, 6.07) is 0. The minimum Gasteiger partial charge on any atom is -0.0815 e. The molecule has 0 bridgehead atoms. The summed E-state index contributed by atoms with van der Waals surface area (Å²) < 4.78 is 0. The van der Waals surface area contributed by atoms with Gasteiger partial charge in [0.15, 0.2) is 0 Å². The Bertz CT molecular complexity index is 205. The lowest BCUT2D eigenvalue weighted by molar-refractivity contribution is 0.820. The fraction of sp³-hybridized carbons (Fsp3) is 1.00. The molecule has 11 radical (unpaired) electrons. The molecule has 0 aliphatic carbocycles. The Balaban J connectivity index is 2.80. The first-order chi connectivity index (χ1) is 7.49. The molecule has 1 saturated heterocycles. The van der Waals surface area contributed by atoms with Crippen molar-refractivity contribution in [3.8, 4) is 0 Å². The first-order valence-corrected chi connectivity index (χ1v) is 6.06. The fourth-order valence-electron chi connectivity index (χ4n) is 3.09. The third kappa shape index (κ3) is 3.36. The Morgan fingerprint density at radius 2 is 1.81 bits per heavy atom. The van der Waals surface area contributed by atoms with Crippen LogP contribution in [0.2, 0.25) is 12.1 Å². The lowest BCUT2D eigenvalue weighted by Gasteiger charge is -2.33. The van der Waals surface area contributed by atoms with E-state index in [0.717, 1.165) is 6.32 Å². The molecule has 1 heterocycles. The van der Waals surface area contributed by atoms with Crippen molar-refractivity contribution in [3.05, 3.63) is 0 Å². The van der Waals surface area contributed by atoms with E-state index in [-0.39, 0.29) is 12.8 Å². The van der Waals surface area contributed by atoms with Crippen LogP contribution < -0.4 is 0 Å². The third-order valence-electron chi connectivity index (χ3n) is 3.98. The molecule has 0 aromatic heterocycles. The van der Waals surface area contributed by atoms with Crippen molar-refractivity contribution in [3.63, 3.8) is 0 Å². The molecule has 0 aromatic carbocycles. The maximum absolute atomic E-state index is 5.88. The van der Waals surface area contributed by atoms with Crippen LogP contribution >= 0.6 is 0 Å². The van der Waals surface area contributed by atoms with Gasteiger partial charge in [-0.1, -0.05) is 31.9 Å². The molecule has 1 fully saturated rings. The van der Waals surface area contributed by atoms with E-state index >= 15 is 0 Å². The molecule has 11 heteroatoms. The molecule has 1 atom stereocenters. The molecule has 16 heavy (non-hydrogen) atoms. The second kappa shape index (κ2) is 6.59. The van der Waals surface area contributed by atoms with E-state index in [4.69, 9.17) is 38.7 Å². The Kier molecular flexibility index (Phi) is 6.09. The molecule has 0 aromatic rings. The predicted molar refractivity (Wildman–Crippen MR) is 86.8 cm³/mol. The van der Waals surface area contributed by atoms with Gasteiger partial charge in [-0.25, -0.2) is 0 Å². The fourth-order valence-corrected chi connectivity index (χ4v) is 3.09. The zero-order chi connectivity index (χ0) is 12.3. The highest BCUT2D eigenvalue weighted by atomic mass is 14.0. The van der Waals surface area contributed by atoms with Crippen molar-refractivity contribution >= 4 is 77.9 Å². The van der Waals surface area contributed by atoms with Crippen LogP contribution in [0.3, 0.4) is 0 Å². The normalized spacial score (nSPS) is 19.3. The zero-order valence-electron chi connectivity index (χ0n) is 10.0. The summed E-state index contributed by atoms with van der Waals surface area (Å²) in [6.07, 6.45) is 2.68. The average molecular weight is 189 g/mol. The van der Waals surface area contributed by atoms with Crippen molar-refractivity contribution < 1.29 is 0 Å². The zero-order valence-corrected chi connectivity index (χ0v) is 10.0. The molecule has 0 spiro atoms. The first kappa shape index (κ1) is 14.8. The Morgan fingerprint density at radius 3 is 2.12 bits per heavy atom. The van der Waals surface area contributed by atoms with Gasteiger partial charge in [0.25, 0.3) is 0 Å². The lowest BCUT2D eigenvalue weighted by atomic mass is 8.53. The summed E-state index contributed by atoms with van der Waals surface area (Å²) in [4.78, 5) is 0. The van der Waals surface area contributed by atoms with Gasteiger partial charge in [0.05, 0.1) is 6.60 Å². The smallest absolute Gasteiger partial charge is 0.0815 e. The van der Waals surface area contributed by atoms with E-state index in [0.29, 0.717) is 12.4 Å². The Morgan fingerprint density at radius 1 is 1.19 bits per heavy atom. The van der Waals surface area contributed by atoms with Gasteiger partial charge >= 0.3 is 0 Å². The Hall–Kier alpha value is 0.714. The molecule has 0 saturated carbocycles. The second-order valence-corrected chi connectivity index (χ2v) is 5.07. The van der Waals surface area contributed by atoms with Gasteiger partial charge < -0.3 is 0 Å². The van der Waals surface area contributed by atoms with Gasteiger partial charge in [-0.15, -0.1) is 0 Å². The summed E-state index contributed by atoms with van der Waals surface area (Å²) in [5.74, 6) is 0.626. The monoisotopic (exact) mass is 191 g/mol. The van der Waals surface area contributed by atoms with Crippen molar-refractivity contribution in [2.45, 2.75) is 31.9 Å². The van der Waals surface area contributed by atoms with E-state index in [1.54, 1.807) is 7.06 Å². The topological polar surface area (TPSA) is 0 Å². The molecule has 1 rings (SSSR count). The maximum Gasteiger partial charge on any atom is 0.0938 e. The Labute approximate surface area is 110 Å². The van der Waals surface area contributed by atoms with E-state index in [9.17, 15) is 0 Å². The van der Waals surface area contributed by atoms with Crippen LogP contribution in [0.4, 0.5) is 0 Å². The largest absolute Gasteiger partial charge is 0.0938 e. The van der Waals surface area contributed by atoms with E-state index in [1.807, 2.05) is 0 Å². The molecule has 0 amide bonds. The molecule has 1 aliphatic rings. The van der Waals surface area contributed by atoms with Crippen LogP contribution in [0.5, 0.6) is 0 Å².